The standard InChI is InChI=1S/C13H14BrClN4/c1-3-8-6-9(14)4-5-10(8)18-12-11(16)7(2)17-13(15)19-12/h4-6H,3,16H2,1-2H3,(H,17,18,19). The van der Waals surface area contributed by atoms with Gasteiger partial charge in [0.15, 0.2) is 5.82 Å². The first-order valence-electron chi connectivity index (χ1n) is 5.86. The minimum atomic E-state index is 0.185. The zero-order valence-electron chi connectivity index (χ0n) is 10.7. The number of benzene rings is 1. The average molecular weight is 342 g/mol. The van der Waals surface area contributed by atoms with Crippen molar-refractivity contribution in [1.29, 1.82) is 0 Å². The Balaban J connectivity index is 2.41. The molecule has 100 valence electrons. The molecule has 19 heavy (non-hydrogen) atoms. The van der Waals surface area contributed by atoms with Gasteiger partial charge in [-0.25, -0.2) is 4.98 Å². The van der Waals surface area contributed by atoms with Crippen molar-refractivity contribution in [2.24, 2.45) is 0 Å². The van der Waals surface area contributed by atoms with E-state index in [-0.39, 0.29) is 5.28 Å². The number of aromatic nitrogens is 2. The van der Waals surface area contributed by atoms with Crippen LogP contribution < -0.4 is 11.1 Å². The lowest BCUT2D eigenvalue weighted by Crippen LogP contribution is -2.05. The predicted octanol–water partition coefficient (Wildman–Crippen LogP) is 4.09. The van der Waals surface area contributed by atoms with Crippen LogP contribution in [0.15, 0.2) is 22.7 Å². The molecule has 0 amide bonds. The number of nitrogens with zero attached hydrogens (tertiary/aromatic N) is 2. The van der Waals surface area contributed by atoms with Crippen LogP contribution in [0.1, 0.15) is 18.2 Å². The van der Waals surface area contributed by atoms with Crippen LogP contribution in [-0.2, 0) is 6.42 Å². The van der Waals surface area contributed by atoms with Crippen LogP contribution in [0.4, 0.5) is 17.2 Å². The molecule has 0 aliphatic heterocycles. The van der Waals surface area contributed by atoms with Crippen LogP contribution >= 0.6 is 27.5 Å². The molecule has 2 rings (SSSR count). The van der Waals surface area contributed by atoms with Crippen LogP contribution in [-0.4, -0.2) is 9.97 Å². The average Bonchev–Trinajstić information content (AvgIpc) is 2.37. The monoisotopic (exact) mass is 340 g/mol. The van der Waals surface area contributed by atoms with E-state index in [0.717, 1.165) is 16.6 Å². The van der Waals surface area contributed by atoms with Gasteiger partial charge >= 0.3 is 0 Å². The summed E-state index contributed by atoms with van der Waals surface area (Å²) >= 11 is 9.32. The van der Waals surface area contributed by atoms with E-state index in [4.69, 9.17) is 17.3 Å². The summed E-state index contributed by atoms with van der Waals surface area (Å²) in [6, 6.07) is 6.01. The van der Waals surface area contributed by atoms with Crippen molar-refractivity contribution in [3.05, 3.63) is 39.2 Å². The molecule has 1 heterocycles. The zero-order chi connectivity index (χ0) is 14.0. The number of halogens is 2. The van der Waals surface area contributed by atoms with Gasteiger partial charge in [-0.3, -0.25) is 0 Å². The van der Waals surface area contributed by atoms with Crippen molar-refractivity contribution < 1.29 is 0 Å². The lowest BCUT2D eigenvalue weighted by atomic mass is 10.1. The fraction of sp³-hybridized carbons (Fsp3) is 0.231. The number of aryl methyl sites for hydroxylation is 2. The number of rotatable bonds is 3. The number of nitrogens with one attached hydrogen (secondary N) is 1. The van der Waals surface area contributed by atoms with Gasteiger partial charge in [0, 0.05) is 10.2 Å². The highest BCUT2D eigenvalue weighted by Gasteiger charge is 2.10. The number of hydrogen-bond donors (Lipinski definition) is 2. The van der Waals surface area contributed by atoms with Gasteiger partial charge in [0.05, 0.1) is 11.4 Å². The Morgan fingerprint density at radius 2 is 2.11 bits per heavy atom. The van der Waals surface area contributed by atoms with Gasteiger partial charge in [-0.15, -0.1) is 0 Å². The molecule has 0 atom stereocenters. The van der Waals surface area contributed by atoms with Crippen molar-refractivity contribution in [2.45, 2.75) is 20.3 Å². The van der Waals surface area contributed by atoms with E-state index in [9.17, 15) is 0 Å². The molecule has 6 heteroatoms. The highest BCUT2D eigenvalue weighted by atomic mass is 79.9. The lowest BCUT2D eigenvalue weighted by Gasteiger charge is -2.13. The normalized spacial score (nSPS) is 10.5. The largest absolute Gasteiger partial charge is 0.394 e. The van der Waals surface area contributed by atoms with E-state index in [1.54, 1.807) is 6.92 Å². The predicted molar refractivity (Wildman–Crippen MR) is 83.0 cm³/mol. The molecular formula is C13H14BrClN4. The molecule has 3 N–H and O–H groups in total. The molecule has 0 spiro atoms. The first kappa shape index (κ1) is 14.1. The quantitative estimate of drug-likeness (QED) is 0.825. The van der Waals surface area contributed by atoms with Gasteiger partial charge in [-0.05, 0) is 48.7 Å². The smallest absolute Gasteiger partial charge is 0.224 e. The van der Waals surface area contributed by atoms with Gasteiger partial charge in [0.25, 0.3) is 0 Å². The maximum atomic E-state index is 5.97. The fourth-order valence-corrected chi connectivity index (χ4v) is 2.37. The molecule has 0 radical (unpaired) electrons. The second kappa shape index (κ2) is 5.75. The Hall–Kier alpha value is -1.33. The Bertz CT molecular complexity index is 616. The van der Waals surface area contributed by atoms with Crippen molar-refractivity contribution in [3.8, 4) is 0 Å². The van der Waals surface area contributed by atoms with E-state index < -0.39 is 0 Å². The highest BCUT2D eigenvalue weighted by Crippen LogP contribution is 2.28. The Labute approximate surface area is 125 Å². The summed E-state index contributed by atoms with van der Waals surface area (Å²) in [5.41, 5.74) is 9.27. The summed E-state index contributed by atoms with van der Waals surface area (Å²) < 4.78 is 1.04. The van der Waals surface area contributed by atoms with E-state index in [1.165, 1.54) is 5.56 Å². The van der Waals surface area contributed by atoms with E-state index in [0.29, 0.717) is 17.2 Å². The topological polar surface area (TPSA) is 63.8 Å². The summed E-state index contributed by atoms with van der Waals surface area (Å²) in [5, 5.41) is 3.40. The number of nitrogens with two attached hydrogens (primary N) is 1. The molecule has 0 fully saturated rings. The minimum Gasteiger partial charge on any atom is -0.394 e. The third-order valence-electron chi connectivity index (χ3n) is 2.81. The first-order valence-corrected chi connectivity index (χ1v) is 7.03. The van der Waals surface area contributed by atoms with Gasteiger partial charge in [-0.2, -0.15) is 4.98 Å². The van der Waals surface area contributed by atoms with Crippen molar-refractivity contribution in [2.75, 3.05) is 11.1 Å². The first-order chi connectivity index (χ1) is 9.01. The summed E-state index contributed by atoms with van der Waals surface area (Å²) in [6.07, 6.45) is 0.902. The van der Waals surface area contributed by atoms with Crippen LogP contribution in [0.25, 0.3) is 0 Å². The Morgan fingerprint density at radius 3 is 2.79 bits per heavy atom. The SMILES string of the molecule is CCc1cc(Br)ccc1Nc1nc(Cl)nc(C)c1N. The molecule has 0 aliphatic rings. The molecule has 0 aliphatic carbocycles. The molecule has 2 aromatic rings. The lowest BCUT2D eigenvalue weighted by molar-refractivity contribution is 1.10. The van der Waals surface area contributed by atoms with E-state index >= 15 is 0 Å². The zero-order valence-corrected chi connectivity index (χ0v) is 13.0. The molecule has 1 aromatic heterocycles. The third kappa shape index (κ3) is 3.16. The van der Waals surface area contributed by atoms with Gasteiger partial charge in [0.2, 0.25) is 5.28 Å². The minimum absolute atomic E-state index is 0.185. The van der Waals surface area contributed by atoms with E-state index in [2.05, 4.69) is 44.2 Å². The molecular weight excluding hydrogens is 328 g/mol. The molecule has 0 unspecified atom stereocenters. The summed E-state index contributed by atoms with van der Waals surface area (Å²) in [6.45, 7) is 3.89. The highest BCUT2D eigenvalue weighted by molar-refractivity contribution is 9.10. The van der Waals surface area contributed by atoms with Gasteiger partial charge in [-0.1, -0.05) is 22.9 Å². The Kier molecular flexibility index (Phi) is 4.27. The fourth-order valence-electron chi connectivity index (χ4n) is 1.75. The Morgan fingerprint density at radius 1 is 1.37 bits per heavy atom. The second-order valence-electron chi connectivity index (χ2n) is 4.12. The maximum Gasteiger partial charge on any atom is 0.224 e. The third-order valence-corrected chi connectivity index (χ3v) is 3.47. The summed E-state index contributed by atoms with van der Waals surface area (Å²) in [7, 11) is 0. The molecule has 1 aromatic carbocycles. The van der Waals surface area contributed by atoms with Crippen LogP contribution in [0.5, 0.6) is 0 Å². The van der Waals surface area contributed by atoms with Gasteiger partial charge in [0.1, 0.15) is 0 Å². The molecule has 0 bridgehead atoms. The van der Waals surface area contributed by atoms with Crippen LogP contribution in [0.3, 0.4) is 0 Å². The molecule has 0 saturated heterocycles. The van der Waals surface area contributed by atoms with Crippen molar-refractivity contribution >= 4 is 44.7 Å². The number of hydrogen-bond acceptors (Lipinski definition) is 4. The van der Waals surface area contributed by atoms with Crippen LogP contribution in [0, 0.1) is 6.92 Å². The van der Waals surface area contributed by atoms with Crippen molar-refractivity contribution in [3.63, 3.8) is 0 Å². The van der Waals surface area contributed by atoms with Crippen LogP contribution in [0.2, 0.25) is 5.28 Å². The van der Waals surface area contributed by atoms with E-state index in [1.807, 2.05) is 12.1 Å². The molecule has 4 nitrogen and oxygen atoms in total. The summed E-state index contributed by atoms with van der Waals surface area (Å²) in [4.78, 5) is 8.15. The second-order valence-corrected chi connectivity index (χ2v) is 5.37. The summed E-state index contributed by atoms with van der Waals surface area (Å²) in [5.74, 6) is 0.537. The maximum absolute atomic E-state index is 5.97. The number of nitrogen functional groups attached to an aromatic ring is 1. The molecule has 0 saturated carbocycles. The van der Waals surface area contributed by atoms with Crippen molar-refractivity contribution in [1.82, 2.24) is 9.97 Å². The number of anilines is 3. The van der Waals surface area contributed by atoms with Gasteiger partial charge < -0.3 is 11.1 Å².